The molecule has 0 bridgehead atoms. The molecule has 5 aromatic carbocycles. The number of fused-ring (bicyclic) bond motifs is 3. The second-order valence-corrected chi connectivity index (χ2v) is 17.5. The number of phenols is 2. The average molecular weight is 1140 g/mol. The number of halogens is 5. The van der Waals surface area contributed by atoms with Crippen LogP contribution in [-0.4, -0.2) is 10.2 Å². The highest BCUT2D eigenvalue weighted by Gasteiger charge is 2.25. The Balaban J connectivity index is 1.40. The first-order chi connectivity index (χ1) is 20.2. The molecule has 0 saturated heterocycles. The molecule has 0 atom stereocenters. The van der Waals surface area contributed by atoms with Gasteiger partial charge in [-0.2, -0.15) is 0 Å². The zero-order valence-electron chi connectivity index (χ0n) is 21.5. The van der Waals surface area contributed by atoms with E-state index < -0.39 is 0 Å². The predicted molar refractivity (Wildman–Crippen MR) is 214 cm³/mol. The Morgan fingerprint density at radius 2 is 0.976 bits per heavy atom. The molecule has 10 heteroatoms. The molecule has 0 fully saturated rings. The summed E-state index contributed by atoms with van der Waals surface area (Å²) >= 11 is 11.1. The maximum Gasteiger partial charge on any atom is 0.188 e. The molecule has 1 aromatic heterocycles. The van der Waals surface area contributed by atoms with Crippen molar-refractivity contribution in [1.29, 1.82) is 0 Å². The van der Waals surface area contributed by atoms with Gasteiger partial charge >= 0.3 is 0 Å². The molecule has 0 radical (unpaired) electrons. The molecule has 42 heavy (non-hydrogen) atoms. The summed E-state index contributed by atoms with van der Waals surface area (Å²) in [4.78, 5) is 1.26. The Morgan fingerprint density at radius 3 is 1.43 bits per heavy atom. The highest BCUT2D eigenvalue weighted by molar-refractivity contribution is 14.1. The van der Waals surface area contributed by atoms with E-state index in [-0.39, 0.29) is 35.2 Å². The lowest BCUT2D eigenvalue weighted by atomic mass is 10.1. The molecule has 0 amide bonds. The first kappa shape index (κ1) is 31.2. The van der Waals surface area contributed by atoms with Gasteiger partial charge in [0.15, 0.2) is 14.3 Å². The molecule has 6 aromatic rings. The van der Waals surface area contributed by atoms with E-state index in [0.717, 1.165) is 47.7 Å². The highest BCUT2D eigenvalue weighted by Crippen LogP contribution is 2.50. The maximum atomic E-state index is 10.6. The quantitative estimate of drug-likeness (QED) is 0.124. The molecule has 0 unspecified atom stereocenters. The topological polar surface area (TPSA) is 58.9 Å². The molecular formula is C32H20I5O4S+. The molecule has 0 saturated carbocycles. The molecule has 0 spiro atoms. The van der Waals surface area contributed by atoms with Crippen LogP contribution >= 0.6 is 123 Å². The van der Waals surface area contributed by atoms with Gasteiger partial charge in [0.1, 0.15) is 36.2 Å². The zero-order chi connectivity index (χ0) is 29.5. The van der Waals surface area contributed by atoms with Crippen molar-refractivity contribution in [2.75, 3.05) is 0 Å². The fraction of sp³-hybridized carbons (Fsp3) is 0.0625. The van der Waals surface area contributed by atoms with Gasteiger partial charge in [-0.1, -0.05) is 0 Å². The molecule has 0 aliphatic carbocycles. The number of rotatable bonds is 7. The average Bonchev–Trinajstić information content (AvgIpc) is 3.28. The van der Waals surface area contributed by atoms with Crippen molar-refractivity contribution >= 4 is 144 Å². The first-order valence-electron chi connectivity index (χ1n) is 12.6. The summed E-state index contributed by atoms with van der Waals surface area (Å²) in [6.07, 6.45) is 0. The molecule has 212 valence electrons. The molecule has 4 nitrogen and oxygen atoms in total. The van der Waals surface area contributed by atoms with Crippen LogP contribution in [0.2, 0.25) is 0 Å². The van der Waals surface area contributed by atoms with E-state index in [1.54, 1.807) is 0 Å². The first-order valence-corrected chi connectivity index (χ1v) is 19.2. The Morgan fingerprint density at radius 1 is 0.524 bits per heavy atom. The monoisotopic (exact) mass is 1130 g/mol. The van der Waals surface area contributed by atoms with Crippen molar-refractivity contribution in [2.24, 2.45) is 0 Å². The van der Waals surface area contributed by atoms with E-state index in [1.165, 1.54) is 17.9 Å². The van der Waals surface area contributed by atoms with E-state index >= 15 is 0 Å². The van der Waals surface area contributed by atoms with Gasteiger partial charge in [-0.15, -0.1) is 0 Å². The number of hydrogen-bond acceptors (Lipinski definition) is 4. The van der Waals surface area contributed by atoms with Crippen LogP contribution in [0.25, 0.3) is 25.1 Å². The number of phenolic OH excluding ortho intramolecular Hbond substituents is 2. The van der Waals surface area contributed by atoms with E-state index in [2.05, 4.69) is 161 Å². The minimum absolute atomic E-state index is 0.262. The lowest BCUT2D eigenvalue weighted by Crippen LogP contribution is -1.98. The van der Waals surface area contributed by atoms with Crippen LogP contribution in [-0.2, 0) is 13.2 Å². The van der Waals surface area contributed by atoms with Gasteiger partial charge in [-0.25, -0.2) is 0 Å². The fourth-order valence-electron chi connectivity index (χ4n) is 4.70. The number of thiophene rings is 1. The van der Waals surface area contributed by atoms with Crippen molar-refractivity contribution in [1.82, 2.24) is 0 Å². The third kappa shape index (κ3) is 6.57. The van der Waals surface area contributed by atoms with Gasteiger partial charge in [0, 0.05) is 44.4 Å². The molecule has 0 aliphatic heterocycles. The van der Waals surface area contributed by atoms with E-state index in [9.17, 15) is 10.2 Å². The smallest absolute Gasteiger partial charge is 0.188 e. The van der Waals surface area contributed by atoms with E-state index in [1.807, 2.05) is 36.4 Å². The fourth-order valence-corrected chi connectivity index (χ4v) is 11.3. The second kappa shape index (κ2) is 13.3. The minimum atomic E-state index is -0.263. The summed E-state index contributed by atoms with van der Waals surface area (Å²) in [6, 6.07) is 29.1. The van der Waals surface area contributed by atoms with Gasteiger partial charge in [0.25, 0.3) is 0 Å². The van der Waals surface area contributed by atoms with Crippen molar-refractivity contribution < 1.29 is 19.7 Å². The maximum absolute atomic E-state index is 10.6. The van der Waals surface area contributed by atoms with Gasteiger partial charge in [0.2, 0.25) is 0 Å². The summed E-state index contributed by atoms with van der Waals surface area (Å²) in [7, 11) is -0.263. The number of aromatic hydroxyl groups is 2. The van der Waals surface area contributed by atoms with Crippen LogP contribution in [0.4, 0.5) is 0 Å². The Kier molecular flexibility index (Phi) is 9.84. The van der Waals surface area contributed by atoms with E-state index in [4.69, 9.17) is 9.47 Å². The zero-order valence-corrected chi connectivity index (χ0v) is 33.1. The largest absolute Gasteiger partial charge is 0.506 e. The minimum Gasteiger partial charge on any atom is -0.506 e. The van der Waals surface area contributed by atoms with Crippen LogP contribution in [0.3, 0.4) is 0 Å². The molecular weight excluding hydrogens is 1110 g/mol. The SMILES string of the molecule is Oc1c(I)cc(I)cc1COc1ccc2c(c1)c1cc(OCc3cc(I)cc(I)c3O)ccc1[s+]2-c1ccc(I)cc1. The summed E-state index contributed by atoms with van der Waals surface area (Å²) in [5.74, 6) is 2.01. The lowest BCUT2D eigenvalue weighted by Gasteiger charge is -2.10. The highest BCUT2D eigenvalue weighted by atomic mass is 127. The van der Waals surface area contributed by atoms with Gasteiger partial charge in [0.05, 0.1) is 17.9 Å². The van der Waals surface area contributed by atoms with Crippen LogP contribution in [0.15, 0.2) is 84.9 Å². The van der Waals surface area contributed by atoms with Crippen molar-refractivity contribution in [3.63, 3.8) is 0 Å². The van der Waals surface area contributed by atoms with Gasteiger partial charge < -0.3 is 19.7 Å². The summed E-state index contributed by atoms with van der Waals surface area (Å²) in [6.45, 7) is 0.545. The summed E-state index contributed by atoms with van der Waals surface area (Å²) in [5, 5.41) is 23.3. The number of ether oxygens (including phenoxy) is 2. The van der Waals surface area contributed by atoms with Crippen molar-refractivity contribution in [2.45, 2.75) is 13.2 Å². The van der Waals surface area contributed by atoms with E-state index in [0.29, 0.717) is 0 Å². The van der Waals surface area contributed by atoms with Crippen LogP contribution in [0.1, 0.15) is 11.1 Å². The Hall–Kier alpha value is -0.830. The Bertz CT molecular complexity index is 1850. The van der Waals surface area contributed by atoms with Crippen LogP contribution < -0.4 is 9.47 Å². The summed E-state index contributed by atoms with van der Waals surface area (Å²) < 4.78 is 19.9. The Labute approximate surface area is 313 Å². The van der Waals surface area contributed by atoms with Gasteiger partial charge in [-0.05, 0) is 186 Å². The third-order valence-electron chi connectivity index (χ3n) is 6.68. The number of hydrogen-bond donors (Lipinski definition) is 2. The van der Waals surface area contributed by atoms with Crippen LogP contribution in [0.5, 0.6) is 23.0 Å². The van der Waals surface area contributed by atoms with Crippen molar-refractivity contribution in [3.05, 3.63) is 114 Å². The summed E-state index contributed by atoms with van der Waals surface area (Å²) in [5.41, 5.74) is 1.52. The molecule has 1 heterocycles. The molecule has 6 rings (SSSR count). The predicted octanol–water partition coefficient (Wildman–Crippen LogP) is 11.3. The third-order valence-corrected chi connectivity index (χ3v) is 12.6. The molecule has 0 aliphatic rings. The number of benzene rings is 5. The lowest BCUT2D eigenvalue weighted by molar-refractivity contribution is 0.298. The normalized spacial score (nSPS) is 11.4. The van der Waals surface area contributed by atoms with Crippen LogP contribution in [0, 0.1) is 17.9 Å². The second-order valence-electron chi connectivity index (χ2n) is 9.44. The standard InChI is InChI=1S/C32H19I5O4S/c33-19-1-5-24(6-2-19)42-29-7-3-22(40-15-17-9-20(34)11-27(36)31(17)38)13-25(29)26-14-23(4-8-30(26)42)41-16-18-10-21(35)12-28(37)32(18)39/h1-14H,15-16H2,(H-,38,39)/p+1. The van der Waals surface area contributed by atoms with Crippen molar-refractivity contribution in [3.8, 4) is 27.9 Å². The molecule has 2 N–H and O–H groups in total. The van der Waals surface area contributed by atoms with Gasteiger partial charge in [-0.3, -0.25) is 0 Å².